The van der Waals surface area contributed by atoms with Crippen molar-refractivity contribution in [1.82, 2.24) is 0 Å². The second kappa shape index (κ2) is 7.17. The average molecular weight is 316 g/mol. The van der Waals surface area contributed by atoms with E-state index in [2.05, 4.69) is 74.7 Å². The Balaban J connectivity index is 3.36. The molecule has 4 heteroatoms. The molecular formula is C18H29N3Si. The Morgan fingerprint density at radius 2 is 1.68 bits per heavy atom. The van der Waals surface area contributed by atoms with E-state index in [1.165, 1.54) is 16.3 Å². The summed E-state index contributed by atoms with van der Waals surface area (Å²) in [6.07, 6.45) is 1.66. The average Bonchev–Trinajstić information content (AvgIpc) is 2.41. The lowest BCUT2D eigenvalue weighted by molar-refractivity contribution is 0.426. The highest BCUT2D eigenvalue weighted by Gasteiger charge is 2.19. The van der Waals surface area contributed by atoms with E-state index in [0.717, 1.165) is 18.5 Å². The van der Waals surface area contributed by atoms with E-state index in [4.69, 9.17) is 5.53 Å². The van der Waals surface area contributed by atoms with E-state index < -0.39 is 8.07 Å². The molecule has 0 N–H and O–H groups in total. The maximum absolute atomic E-state index is 8.84. The van der Waals surface area contributed by atoms with Crippen LogP contribution in [0.25, 0.3) is 16.0 Å². The van der Waals surface area contributed by atoms with Crippen molar-refractivity contribution in [3.63, 3.8) is 0 Å². The third-order valence-corrected chi connectivity index (χ3v) is 5.72. The maximum Gasteiger partial charge on any atom is 0.0775 e. The minimum Gasteiger partial charge on any atom is -0.0656 e. The first-order chi connectivity index (χ1) is 10.1. The summed E-state index contributed by atoms with van der Waals surface area (Å²) in [6.45, 7) is 15.7. The van der Waals surface area contributed by atoms with E-state index in [1.807, 2.05) is 6.92 Å². The number of benzene rings is 1. The summed E-state index contributed by atoms with van der Waals surface area (Å²) in [5.74, 6) is 0. The van der Waals surface area contributed by atoms with Gasteiger partial charge in [-0.05, 0) is 34.9 Å². The number of azide groups is 1. The molecule has 3 nitrogen and oxygen atoms in total. The van der Waals surface area contributed by atoms with Gasteiger partial charge in [0.2, 0.25) is 0 Å². The molecule has 0 heterocycles. The van der Waals surface area contributed by atoms with Gasteiger partial charge in [-0.3, -0.25) is 0 Å². The molecule has 0 saturated carbocycles. The summed E-state index contributed by atoms with van der Waals surface area (Å²) in [4.78, 5) is 3.01. The summed E-state index contributed by atoms with van der Waals surface area (Å²) in [6, 6.07) is 8.87. The smallest absolute Gasteiger partial charge is 0.0656 e. The summed E-state index contributed by atoms with van der Waals surface area (Å²) < 4.78 is 0. The minimum atomic E-state index is -1.29. The lowest BCUT2D eigenvalue weighted by atomic mass is 9.84. The van der Waals surface area contributed by atoms with Crippen LogP contribution in [-0.4, -0.2) is 8.07 Å². The molecule has 22 heavy (non-hydrogen) atoms. The highest BCUT2D eigenvalue weighted by Crippen LogP contribution is 2.34. The van der Waals surface area contributed by atoms with E-state index in [-0.39, 0.29) is 5.41 Å². The Hall–Kier alpha value is -1.51. The zero-order valence-electron chi connectivity index (χ0n) is 15.1. The second-order valence-corrected chi connectivity index (χ2v) is 13.1. The summed E-state index contributed by atoms with van der Waals surface area (Å²) in [5.41, 5.74) is 12.2. The number of hydrogen-bond acceptors (Lipinski definition) is 1. The van der Waals surface area contributed by atoms with Crippen LogP contribution in [0.3, 0.4) is 0 Å². The van der Waals surface area contributed by atoms with Gasteiger partial charge in [0.15, 0.2) is 0 Å². The van der Waals surface area contributed by atoms with Crippen molar-refractivity contribution < 1.29 is 0 Å². The summed E-state index contributed by atoms with van der Waals surface area (Å²) in [7, 11) is -1.29. The molecule has 0 aromatic heterocycles. The van der Waals surface area contributed by atoms with Gasteiger partial charge in [-0.25, -0.2) is 0 Å². The molecule has 0 amide bonds. The van der Waals surface area contributed by atoms with Crippen molar-refractivity contribution in [2.45, 2.75) is 60.2 Å². The highest BCUT2D eigenvalue weighted by molar-refractivity contribution is 6.88. The molecule has 1 aromatic rings. The van der Waals surface area contributed by atoms with Crippen molar-refractivity contribution in [2.75, 3.05) is 0 Å². The highest BCUT2D eigenvalue weighted by atomic mass is 28.3. The first-order valence-corrected chi connectivity index (χ1v) is 11.5. The van der Waals surface area contributed by atoms with Crippen molar-refractivity contribution in [3.8, 4) is 0 Å². The molecule has 0 aliphatic heterocycles. The van der Waals surface area contributed by atoms with Gasteiger partial charge in [-0.1, -0.05) is 81.9 Å². The van der Waals surface area contributed by atoms with Gasteiger partial charge in [-0.15, -0.1) is 0 Å². The zero-order chi connectivity index (χ0) is 17.0. The van der Waals surface area contributed by atoms with Crippen LogP contribution in [0.4, 0.5) is 0 Å². The number of nitrogens with zero attached hydrogens (tertiary/aromatic N) is 3. The third-order valence-electron chi connectivity index (χ3n) is 3.66. The lowest BCUT2D eigenvalue weighted by Gasteiger charge is -2.23. The Labute approximate surface area is 136 Å². The van der Waals surface area contributed by atoms with Crippen LogP contribution in [0.15, 0.2) is 35.1 Å². The van der Waals surface area contributed by atoms with Gasteiger partial charge in [0.25, 0.3) is 0 Å². The maximum atomic E-state index is 8.84. The SMILES string of the molecule is CC/C(N=[N+]=[N-])=C(\CC(C)(C)C)c1ccc([Si](C)(C)C)cc1. The molecule has 1 rings (SSSR count). The normalized spacial score (nSPS) is 13.4. The molecule has 0 spiro atoms. The van der Waals surface area contributed by atoms with Crippen LogP contribution in [-0.2, 0) is 0 Å². The standard InChI is InChI=1S/C18H29N3Si/c1-8-17(20-21-19)16(13-18(2,3)4)14-9-11-15(12-10-14)22(5,6)7/h9-12H,8,13H2,1-7H3/b17-16-. The second-order valence-electron chi connectivity index (χ2n) is 8.03. The summed E-state index contributed by atoms with van der Waals surface area (Å²) in [5, 5.41) is 5.40. The van der Waals surface area contributed by atoms with Gasteiger partial charge in [0.05, 0.1) is 8.07 Å². The molecule has 0 radical (unpaired) electrons. The molecule has 120 valence electrons. The van der Waals surface area contributed by atoms with E-state index in [1.54, 1.807) is 0 Å². The first kappa shape index (κ1) is 18.5. The van der Waals surface area contributed by atoms with E-state index in [0.29, 0.717) is 0 Å². The van der Waals surface area contributed by atoms with Gasteiger partial charge in [-0.2, -0.15) is 0 Å². The molecular weight excluding hydrogens is 286 g/mol. The molecule has 0 bridgehead atoms. The topological polar surface area (TPSA) is 48.8 Å². The third kappa shape index (κ3) is 5.36. The monoisotopic (exact) mass is 315 g/mol. The molecule has 0 atom stereocenters. The molecule has 1 aromatic carbocycles. The van der Waals surface area contributed by atoms with E-state index in [9.17, 15) is 0 Å². The van der Waals surface area contributed by atoms with Gasteiger partial charge >= 0.3 is 0 Å². The Kier molecular flexibility index (Phi) is 6.04. The largest absolute Gasteiger partial charge is 0.0775 e. The minimum absolute atomic E-state index is 0.151. The fourth-order valence-electron chi connectivity index (χ4n) is 2.47. The lowest BCUT2D eigenvalue weighted by Crippen LogP contribution is -2.37. The van der Waals surface area contributed by atoms with Gasteiger partial charge in [0.1, 0.15) is 0 Å². The van der Waals surface area contributed by atoms with E-state index >= 15 is 0 Å². The van der Waals surface area contributed by atoms with Gasteiger partial charge < -0.3 is 0 Å². The van der Waals surface area contributed by atoms with Crippen LogP contribution in [0.5, 0.6) is 0 Å². The van der Waals surface area contributed by atoms with Gasteiger partial charge in [0, 0.05) is 10.6 Å². The Morgan fingerprint density at radius 3 is 2.05 bits per heavy atom. The first-order valence-electron chi connectivity index (χ1n) is 7.96. The van der Waals surface area contributed by atoms with Crippen molar-refractivity contribution in [2.24, 2.45) is 10.5 Å². The van der Waals surface area contributed by atoms with Crippen LogP contribution in [0, 0.1) is 5.41 Å². The fraction of sp³-hybridized carbons (Fsp3) is 0.556. The quantitative estimate of drug-likeness (QED) is 0.273. The van der Waals surface area contributed by atoms with Crippen molar-refractivity contribution >= 4 is 18.8 Å². The Morgan fingerprint density at radius 1 is 1.14 bits per heavy atom. The van der Waals surface area contributed by atoms with Crippen molar-refractivity contribution in [1.29, 1.82) is 0 Å². The predicted molar refractivity (Wildman–Crippen MR) is 99.9 cm³/mol. The van der Waals surface area contributed by atoms with Crippen LogP contribution in [0.2, 0.25) is 19.6 Å². The van der Waals surface area contributed by atoms with Crippen LogP contribution in [0.1, 0.15) is 46.1 Å². The number of rotatable bonds is 5. The molecule has 0 fully saturated rings. The number of allylic oxidation sites excluding steroid dienone is 2. The molecule has 0 aliphatic carbocycles. The molecule has 0 unspecified atom stereocenters. The Bertz CT molecular complexity index is 580. The van der Waals surface area contributed by atoms with Crippen LogP contribution < -0.4 is 5.19 Å². The zero-order valence-corrected chi connectivity index (χ0v) is 16.1. The molecule has 0 aliphatic rings. The summed E-state index contributed by atoms with van der Waals surface area (Å²) >= 11 is 0. The number of hydrogen-bond donors (Lipinski definition) is 0. The van der Waals surface area contributed by atoms with Crippen LogP contribution >= 0.6 is 0 Å². The predicted octanol–water partition coefficient (Wildman–Crippen LogP) is 6.10. The van der Waals surface area contributed by atoms with Crippen molar-refractivity contribution in [3.05, 3.63) is 46.0 Å². The molecule has 0 saturated heterocycles. The fourth-order valence-corrected chi connectivity index (χ4v) is 3.64.